The van der Waals surface area contributed by atoms with E-state index in [0.29, 0.717) is 45.0 Å². The summed E-state index contributed by atoms with van der Waals surface area (Å²) in [6, 6.07) is 0. The summed E-state index contributed by atoms with van der Waals surface area (Å²) in [6.07, 6.45) is 8.83. The Morgan fingerprint density at radius 3 is 2.41 bits per heavy atom. The van der Waals surface area contributed by atoms with Gasteiger partial charge in [-0.3, -0.25) is 13.9 Å². The van der Waals surface area contributed by atoms with Crippen molar-refractivity contribution in [3.8, 4) is 0 Å². The summed E-state index contributed by atoms with van der Waals surface area (Å²) in [4.78, 5) is 13.5. The lowest BCUT2D eigenvalue weighted by Crippen LogP contribution is -2.49. The van der Waals surface area contributed by atoms with E-state index in [2.05, 4.69) is 18.3 Å². The van der Waals surface area contributed by atoms with Crippen molar-refractivity contribution in [2.45, 2.75) is 75.9 Å². The van der Waals surface area contributed by atoms with Gasteiger partial charge in [0.15, 0.2) is 0 Å². The van der Waals surface area contributed by atoms with E-state index in [1.165, 1.54) is 11.1 Å². The molecule has 1 amide bonds. The minimum absolute atomic E-state index is 0.348. The quantitative estimate of drug-likeness (QED) is 0.364. The van der Waals surface area contributed by atoms with Gasteiger partial charge in [0.05, 0.1) is 24.1 Å². The van der Waals surface area contributed by atoms with Gasteiger partial charge >= 0.3 is 0 Å². The van der Waals surface area contributed by atoms with E-state index in [-0.39, 0.29) is 5.25 Å². The van der Waals surface area contributed by atoms with Crippen LogP contribution in [0, 0.1) is 0 Å². The molecule has 0 unspecified atom stereocenters. The van der Waals surface area contributed by atoms with Gasteiger partial charge in [-0.2, -0.15) is 10.6 Å². The molecule has 3 aliphatic rings. The Labute approximate surface area is 205 Å². The molecule has 0 saturated carbocycles. The van der Waals surface area contributed by atoms with Crippen LogP contribution in [-0.4, -0.2) is 64.1 Å². The van der Waals surface area contributed by atoms with Crippen LogP contribution in [0.2, 0.25) is 0 Å². The lowest BCUT2D eigenvalue weighted by Gasteiger charge is -2.51. The second-order valence-corrected chi connectivity index (χ2v) is 13.0. The van der Waals surface area contributed by atoms with Crippen LogP contribution in [0.15, 0.2) is 46.2 Å². The fourth-order valence-corrected chi connectivity index (χ4v) is 6.66. The van der Waals surface area contributed by atoms with Crippen LogP contribution in [0.5, 0.6) is 0 Å². The molecule has 0 aromatic carbocycles. The normalized spacial score (nSPS) is 20.5. The number of methoxy groups -OCH3 is 1. The maximum Gasteiger partial charge on any atom is 0.249 e. The van der Waals surface area contributed by atoms with Crippen LogP contribution in [-0.2, 0) is 19.0 Å². The average molecular weight is 496 g/mol. The summed E-state index contributed by atoms with van der Waals surface area (Å²) < 4.78 is 37.7. The van der Waals surface area contributed by atoms with E-state index in [4.69, 9.17) is 14.2 Å². The Morgan fingerprint density at radius 1 is 1.18 bits per heavy atom. The number of nitrogens with one attached hydrogen (secondary N) is 1. The van der Waals surface area contributed by atoms with E-state index in [9.17, 15) is 13.9 Å². The number of amides is 1. The van der Waals surface area contributed by atoms with E-state index < -0.39 is 26.8 Å². The first-order valence-electron chi connectivity index (χ1n) is 12.1. The Hall–Kier alpha value is -1.42. The van der Waals surface area contributed by atoms with Crippen LogP contribution in [0.4, 0.5) is 0 Å². The summed E-state index contributed by atoms with van der Waals surface area (Å²) in [5, 5.41) is 2.71. The molecule has 0 radical (unpaired) electrons. The molecule has 1 saturated heterocycles. The van der Waals surface area contributed by atoms with Crippen molar-refractivity contribution in [2.75, 3.05) is 33.5 Å². The average Bonchev–Trinajstić information content (AvgIpc) is 2.88. The van der Waals surface area contributed by atoms with Crippen molar-refractivity contribution in [1.82, 2.24) is 5.32 Å². The van der Waals surface area contributed by atoms with Crippen molar-refractivity contribution in [2.24, 2.45) is 0 Å². The molecule has 7 nitrogen and oxygen atoms in total. The molecular weight excluding hydrogens is 454 g/mol. The molecule has 8 heteroatoms. The Bertz CT molecular complexity index is 906. The third-order valence-corrected chi connectivity index (χ3v) is 10.3. The molecular formula is C26H41NO6S. The van der Waals surface area contributed by atoms with Crippen LogP contribution < -0.4 is 5.32 Å². The zero-order valence-electron chi connectivity index (χ0n) is 21.4. The topological polar surface area (TPSA) is 97.3 Å². The maximum atomic E-state index is 13.5. The summed E-state index contributed by atoms with van der Waals surface area (Å²) in [5.74, 6) is -0.394. The summed E-state index contributed by atoms with van der Waals surface area (Å²) >= 11 is 0. The Kier molecular flexibility index (Phi) is 8.54. The van der Waals surface area contributed by atoms with Crippen molar-refractivity contribution in [1.29, 1.82) is 0 Å². The first-order chi connectivity index (χ1) is 16.0. The largest absolute Gasteiger partial charge is 0.382 e. The monoisotopic (exact) mass is 495 g/mol. The highest BCUT2D eigenvalue weighted by molar-refractivity contribution is 8.26. The number of carbonyl (C=O) groups is 1. The zero-order valence-corrected chi connectivity index (χ0v) is 22.2. The molecule has 1 aliphatic heterocycles. The van der Waals surface area contributed by atoms with Crippen molar-refractivity contribution in [3.05, 3.63) is 46.2 Å². The maximum absolute atomic E-state index is 13.5. The second-order valence-electron chi connectivity index (χ2n) is 10.1. The number of hydrogen-bond donors (Lipinski definition) is 3. The lowest BCUT2D eigenvalue weighted by molar-refractivity contribution is -0.122. The zero-order chi connectivity index (χ0) is 25.1. The molecule has 3 N–H and O–H groups in total. The fraction of sp³-hybridized carbons (Fsp3) is 0.654. The number of rotatable bonds is 10. The Morgan fingerprint density at radius 2 is 1.85 bits per heavy atom. The molecule has 1 fully saturated rings. The van der Waals surface area contributed by atoms with Gasteiger partial charge < -0.3 is 19.5 Å². The van der Waals surface area contributed by atoms with Crippen molar-refractivity contribution in [3.63, 3.8) is 0 Å². The van der Waals surface area contributed by atoms with Gasteiger partial charge in [-0.05, 0) is 70.6 Å². The molecule has 0 aromatic heterocycles. The molecule has 34 heavy (non-hydrogen) atoms. The molecule has 0 atom stereocenters. The standard InChI is InChI=1S/C26H41NO6S/c1-7-18-16-19-8-9-21(19)23(17-22(18)25(2,3)33-15-14-31-6)27-24(28)26(4,5)34(29,30)20-10-12-32-13-11-20/h8-9,17,20,29-30H,7,10-16H2,1-6H3,(H,27,28). The van der Waals surface area contributed by atoms with E-state index in [1.54, 1.807) is 21.0 Å². The molecule has 3 rings (SSSR count). The first-order valence-corrected chi connectivity index (χ1v) is 13.7. The summed E-state index contributed by atoms with van der Waals surface area (Å²) in [7, 11) is -1.56. The van der Waals surface area contributed by atoms with Crippen LogP contribution >= 0.6 is 10.6 Å². The van der Waals surface area contributed by atoms with Crippen LogP contribution in [0.1, 0.15) is 60.3 Å². The highest BCUT2D eigenvalue weighted by Gasteiger charge is 2.47. The molecule has 0 bridgehead atoms. The van der Waals surface area contributed by atoms with Crippen LogP contribution in [0.3, 0.4) is 0 Å². The number of allylic oxidation sites excluding steroid dienone is 4. The van der Waals surface area contributed by atoms with Gasteiger partial charge in [0.2, 0.25) is 5.91 Å². The summed E-state index contributed by atoms with van der Waals surface area (Å²) in [6.45, 7) is 11.4. The highest BCUT2D eigenvalue weighted by atomic mass is 32.3. The van der Waals surface area contributed by atoms with Gasteiger partial charge in [0.25, 0.3) is 0 Å². The third-order valence-electron chi connectivity index (χ3n) is 7.17. The van der Waals surface area contributed by atoms with E-state index >= 15 is 0 Å². The van der Waals surface area contributed by atoms with Gasteiger partial charge in [-0.15, -0.1) is 0 Å². The third kappa shape index (κ3) is 5.37. The minimum Gasteiger partial charge on any atom is -0.382 e. The van der Waals surface area contributed by atoms with E-state index in [1.807, 2.05) is 26.0 Å². The fourth-order valence-electron chi connectivity index (χ4n) is 4.66. The second kappa shape index (κ2) is 10.7. The first kappa shape index (κ1) is 27.2. The van der Waals surface area contributed by atoms with Crippen molar-refractivity contribution >= 4 is 16.5 Å². The van der Waals surface area contributed by atoms with Crippen LogP contribution in [0.25, 0.3) is 0 Å². The predicted octanol–water partition coefficient (Wildman–Crippen LogP) is 5.11. The van der Waals surface area contributed by atoms with E-state index in [0.717, 1.165) is 24.0 Å². The molecule has 192 valence electrons. The minimum atomic E-state index is -3.21. The summed E-state index contributed by atoms with van der Waals surface area (Å²) in [5.41, 5.74) is 4.55. The predicted molar refractivity (Wildman–Crippen MR) is 137 cm³/mol. The van der Waals surface area contributed by atoms with Gasteiger partial charge in [0, 0.05) is 31.6 Å². The molecule has 0 spiro atoms. The SMILES string of the molecule is CCC1=C(C(C)(C)OCCOC)C=C(NC(=O)C(C)(C)S(O)(O)C2CCOCC2)C2=C(C=C2)C1. The Balaban J connectivity index is 1.90. The molecule has 0 aromatic rings. The van der Waals surface area contributed by atoms with Crippen molar-refractivity contribution < 1.29 is 28.1 Å². The number of carbonyl (C=O) groups excluding carboxylic acids is 1. The van der Waals surface area contributed by atoms with Gasteiger partial charge in [0.1, 0.15) is 4.75 Å². The van der Waals surface area contributed by atoms with Gasteiger partial charge in [-0.1, -0.05) is 24.6 Å². The molecule has 2 aliphatic carbocycles. The molecule has 1 heterocycles. The number of ether oxygens (including phenoxy) is 3. The highest BCUT2D eigenvalue weighted by Crippen LogP contribution is 2.58. The number of hydrogen-bond acceptors (Lipinski definition) is 6. The smallest absolute Gasteiger partial charge is 0.249 e. The lowest BCUT2D eigenvalue weighted by atomic mass is 9.88. The van der Waals surface area contributed by atoms with Gasteiger partial charge in [-0.25, -0.2) is 0 Å².